The van der Waals surface area contributed by atoms with Gasteiger partial charge in [-0.25, -0.2) is 14.2 Å². The lowest BCUT2D eigenvalue weighted by molar-refractivity contribution is 0.0459. The highest BCUT2D eigenvalue weighted by atomic mass is 19.1. The molecule has 0 saturated carbocycles. The number of halogens is 1. The maximum Gasteiger partial charge on any atom is 0.360 e. The van der Waals surface area contributed by atoms with Gasteiger partial charge in [-0.1, -0.05) is 30.3 Å². The van der Waals surface area contributed by atoms with Crippen LogP contribution in [0.3, 0.4) is 0 Å². The SMILES string of the molecule is NC(=O)c1ccnc(C(=O)OCc2ccccc2)c1F. The number of nitrogens with zero attached hydrogens (tertiary/aromatic N) is 1. The molecule has 2 aromatic rings. The summed E-state index contributed by atoms with van der Waals surface area (Å²) in [6.45, 7) is -0.0123. The van der Waals surface area contributed by atoms with Gasteiger partial charge >= 0.3 is 5.97 Å². The van der Waals surface area contributed by atoms with Crippen molar-refractivity contribution in [2.75, 3.05) is 0 Å². The number of primary amides is 1. The number of benzene rings is 1. The molecule has 0 aliphatic heterocycles. The Balaban J connectivity index is 2.14. The minimum Gasteiger partial charge on any atom is -0.456 e. The summed E-state index contributed by atoms with van der Waals surface area (Å²) in [5, 5.41) is 0. The van der Waals surface area contributed by atoms with Crippen LogP contribution < -0.4 is 5.73 Å². The molecule has 20 heavy (non-hydrogen) atoms. The van der Waals surface area contributed by atoms with Crippen LogP contribution in [0.25, 0.3) is 0 Å². The molecule has 5 nitrogen and oxygen atoms in total. The Morgan fingerprint density at radius 2 is 1.90 bits per heavy atom. The van der Waals surface area contributed by atoms with Crippen LogP contribution in [0, 0.1) is 5.82 Å². The van der Waals surface area contributed by atoms with E-state index in [1.165, 1.54) is 0 Å². The van der Waals surface area contributed by atoms with Crippen molar-refractivity contribution in [3.63, 3.8) is 0 Å². The second-order valence-corrected chi connectivity index (χ2v) is 3.95. The summed E-state index contributed by atoms with van der Waals surface area (Å²) in [5.74, 6) is -2.99. The van der Waals surface area contributed by atoms with Gasteiger partial charge in [0.05, 0.1) is 5.56 Å². The molecule has 0 fully saturated rings. The molecule has 0 bridgehead atoms. The lowest BCUT2D eigenvalue weighted by Gasteiger charge is -2.06. The molecule has 1 amide bonds. The fraction of sp³-hybridized carbons (Fsp3) is 0.0714. The van der Waals surface area contributed by atoms with Crippen LogP contribution in [-0.4, -0.2) is 16.9 Å². The third-order valence-electron chi connectivity index (χ3n) is 2.56. The quantitative estimate of drug-likeness (QED) is 0.860. The summed E-state index contributed by atoms with van der Waals surface area (Å²) < 4.78 is 18.8. The number of carbonyl (C=O) groups is 2. The third-order valence-corrected chi connectivity index (χ3v) is 2.56. The first-order valence-corrected chi connectivity index (χ1v) is 5.75. The Morgan fingerprint density at radius 1 is 1.20 bits per heavy atom. The van der Waals surface area contributed by atoms with Crippen molar-refractivity contribution in [3.05, 3.63) is 65.2 Å². The van der Waals surface area contributed by atoms with Crippen molar-refractivity contribution < 1.29 is 18.7 Å². The standard InChI is InChI=1S/C14H11FN2O3/c15-11-10(13(16)18)6-7-17-12(11)14(19)20-8-9-4-2-1-3-5-9/h1-7H,8H2,(H2,16,18). The van der Waals surface area contributed by atoms with Gasteiger partial charge in [0, 0.05) is 6.20 Å². The van der Waals surface area contributed by atoms with E-state index in [4.69, 9.17) is 10.5 Å². The first-order valence-electron chi connectivity index (χ1n) is 5.75. The van der Waals surface area contributed by atoms with Gasteiger partial charge < -0.3 is 10.5 Å². The van der Waals surface area contributed by atoms with E-state index in [2.05, 4.69) is 4.98 Å². The number of carbonyl (C=O) groups excluding carboxylic acids is 2. The van der Waals surface area contributed by atoms with Crippen LogP contribution in [0.5, 0.6) is 0 Å². The second kappa shape index (κ2) is 5.92. The molecular formula is C14H11FN2O3. The van der Waals surface area contributed by atoms with E-state index in [9.17, 15) is 14.0 Å². The Hall–Kier alpha value is -2.76. The van der Waals surface area contributed by atoms with Crippen molar-refractivity contribution in [3.8, 4) is 0 Å². The zero-order valence-electron chi connectivity index (χ0n) is 10.4. The van der Waals surface area contributed by atoms with Gasteiger partial charge in [0.25, 0.3) is 5.91 Å². The molecule has 1 aromatic carbocycles. The molecule has 0 radical (unpaired) electrons. The van der Waals surface area contributed by atoms with Crippen LogP contribution in [-0.2, 0) is 11.3 Å². The van der Waals surface area contributed by atoms with E-state index in [1.807, 2.05) is 6.07 Å². The number of ether oxygens (including phenoxy) is 1. The summed E-state index contributed by atoms with van der Waals surface area (Å²) in [6.07, 6.45) is 1.13. The first-order chi connectivity index (χ1) is 9.59. The molecule has 0 aliphatic carbocycles. The van der Waals surface area contributed by atoms with Gasteiger partial charge in [-0.3, -0.25) is 4.79 Å². The van der Waals surface area contributed by atoms with E-state index in [0.717, 1.165) is 17.8 Å². The lowest BCUT2D eigenvalue weighted by atomic mass is 10.2. The Kier molecular flexibility index (Phi) is 4.05. The maximum atomic E-state index is 13.8. The molecule has 0 unspecified atom stereocenters. The summed E-state index contributed by atoms with van der Waals surface area (Å²) in [6, 6.07) is 10.0. The lowest BCUT2D eigenvalue weighted by Crippen LogP contribution is -2.18. The van der Waals surface area contributed by atoms with Crippen LogP contribution >= 0.6 is 0 Å². The molecule has 0 atom stereocenters. The minimum absolute atomic E-state index is 0.0123. The number of hydrogen-bond acceptors (Lipinski definition) is 4. The molecule has 1 heterocycles. The number of amides is 1. The summed E-state index contributed by atoms with van der Waals surface area (Å²) in [7, 11) is 0. The average molecular weight is 274 g/mol. The minimum atomic E-state index is -1.07. The van der Waals surface area contributed by atoms with E-state index in [-0.39, 0.29) is 6.61 Å². The Bertz CT molecular complexity index is 644. The van der Waals surface area contributed by atoms with Crippen molar-refractivity contribution in [2.45, 2.75) is 6.61 Å². The van der Waals surface area contributed by atoms with Gasteiger partial charge in [0.1, 0.15) is 6.61 Å². The van der Waals surface area contributed by atoms with Crippen LogP contribution in [0.2, 0.25) is 0 Å². The summed E-state index contributed by atoms with van der Waals surface area (Å²) in [5.41, 5.74) is 4.79. The molecule has 0 saturated heterocycles. The van der Waals surface area contributed by atoms with Crippen molar-refractivity contribution >= 4 is 11.9 Å². The fourth-order valence-electron chi connectivity index (χ4n) is 1.57. The maximum absolute atomic E-state index is 13.8. The topological polar surface area (TPSA) is 82.3 Å². The number of esters is 1. The van der Waals surface area contributed by atoms with E-state index < -0.39 is 29.0 Å². The number of hydrogen-bond donors (Lipinski definition) is 1. The van der Waals surface area contributed by atoms with Gasteiger partial charge in [-0.15, -0.1) is 0 Å². The highest BCUT2D eigenvalue weighted by Gasteiger charge is 2.20. The van der Waals surface area contributed by atoms with Crippen LogP contribution in [0.4, 0.5) is 4.39 Å². The molecule has 0 aliphatic rings. The normalized spacial score (nSPS) is 10.1. The van der Waals surface area contributed by atoms with Gasteiger partial charge in [0.2, 0.25) is 0 Å². The fourth-order valence-corrected chi connectivity index (χ4v) is 1.57. The van der Waals surface area contributed by atoms with E-state index in [1.54, 1.807) is 24.3 Å². The van der Waals surface area contributed by atoms with Gasteiger partial charge in [0.15, 0.2) is 11.5 Å². The highest BCUT2D eigenvalue weighted by Crippen LogP contribution is 2.12. The molecular weight excluding hydrogens is 263 g/mol. The molecule has 1 aromatic heterocycles. The highest BCUT2D eigenvalue weighted by molar-refractivity contribution is 5.96. The third kappa shape index (κ3) is 2.97. The molecule has 6 heteroatoms. The zero-order chi connectivity index (χ0) is 14.5. The molecule has 2 rings (SSSR count). The first kappa shape index (κ1) is 13.7. The van der Waals surface area contributed by atoms with Crippen LogP contribution in [0.15, 0.2) is 42.6 Å². The summed E-state index contributed by atoms with van der Waals surface area (Å²) in [4.78, 5) is 26.3. The van der Waals surface area contributed by atoms with E-state index >= 15 is 0 Å². The van der Waals surface area contributed by atoms with E-state index in [0.29, 0.717) is 0 Å². The molecule has 2 N–H and O–H groups in total. The van der Waals surface area contributed by atoms with Gasteiger partial charge in [-0.05, 0) is 11.6 Å². The largest absolute Gasteiger partial charge is 0.456 e. The van der Waals surface area contributed by atoms with Gasteiger partial charge in [-0.2, -0.15) is 0 Å². The Labute approximate surface area is 114 Å². The molecule has 0 spiro atoms. The zero-order valence-corrected chi connectivity index (χ0v) is 10.4. The monoisotopic (exact) mass is 274 g/mol. The van der Waals surface area contributed by atoms with Crippen LogP contribution in [0.1, 0.15) is 26.4 Å². The average Bonchev–Trinajstić information content (AvgIpc) is 2.46. The molecule has 102 valence electrons. The smallest absolute Gasteiger partial charge is 0.360 e. The Morgan fingerprint density at radius 3 is 2.55 bits per heavy atom. The van der Waals surface area contributed by atoms with Crippen molar-refractivity contribution in [2.24, 2.45) is 5.73 Å². The van der Waals surface area contributed by atoms with Crippen molar-refractivity contribution in [1.29, 1.82) is 0 Å². The number of nitrogens with two attached hydrogens (primary N) is 1. The second-order valence-electron chi connectivity index (χ2n) is 3.95. The predicted molar refractivity (Wildman–Crippen MR) is 68.3 cm³/mol. The number of aromatic nitrogens is 1. The number of rotatable bonds is 4. The van der Waals surface area contributed by atoms with Crippen molar-refractivity contribution in [1.82, 2.24) is 4.98 Å². The predicted octanol–water partition coefficient (Wildman–Crippen LogP) is 1.68. The summed E-state index contributed by atoms with van der Waals surface area (Å²) >= 11 is 0. The number of pyridine rings is 1.